The molecule has 1 N–H and O–H groups in total. The van der Waals surface area contributed by atoms with E-state index in [0.717, 1.165) is 5.56 Å². The Kier molecular flexibility index (Phi) is 5.26. The molecule has 0 radical (unpaired) electrons. The highest BCUT2D eigenvalue weighted by Crippen LogP contribution is 2.32. The van der Waals surface area contributed by atoms with Crippen molar-refractivity contribution in [2.75, 3.05) is 0 Å². The van der Waals surface area contributed by atoms with Crippen LogP contribution in [0.2, 0.25) is 5.02 Å². The van der Waals surface area contributed by atoms with Crippen molar-refractivity contribution in [3.63, 3.8) is 0 Å². The lowest BCUT2D eigenvalue weighted by atomic mass is 10.1. The average Bonchev–Trinajstić information content (AvgIpc) is 2.49. The second kappa shape index (κ2) is 7.16. The van der Waals surface area contributed by atoms with Crippen LogP contribution in [-0.4, -0.2) is 16.3 Å². The van der Waals surface area contributed by atoms with Crippen LogP contribution in [0.15, 0.2) is 53.4 Å². The Balaban J connectivity index is 2.17. The number of aliphatic carboxylic acids is 1. The van der Waals surface area contributed by atoms with Crippen LogP contribution in [0.3, 0.4) is 0 Å². The molecule has 0 aliphatic rings. The molecule has 0 bridgehead atoms. The van der Waals surface area contributed by atoms with Crippen molar-refractivity contribution < 1.29 is 9.90 Å². The van der Waals surface area contributed by atoms with Gasteiger partial charge in [-0.3, -0.25) is 4.79 Å². The molecule has 2 aromatic rings. The number of nitriles is 1. The second-order valence-electron chi connectivity index (χ2n) is 4.39. The molecule has 2 aromatic carbocycles. The monoisotopic (exact) mass is 317 g/mol. The minimum Gasteiger partial charge on any atom is -0.480 e. The summed E-state index contributed by atoms with van der Waals surface area (Å²) in [4.78, 5) is 12.1. The quantitative estimate of drug-likeness (QED) is 0.847. The number of benzene rings is 2. The van der Waals surface area contributed by atoms with Crippen molar-refractivity contribution in [2.24, 2.45) is 0 Å². The first-order chi connectivity index (χ1) is 10.1. The third kappa shape index (κ3) is 4.25. The number of hydrogen-bond acceptors (Lipinski definition) is 3. The average molecular weight is 318 g/mol. The zero-order chi connectivity index (χ0) is 15.2. The van der Waals surface area contributed by atoms with E-state index in [1.165, 1.54) is 11.8 Å². The molecule has 0 aromatic heterocycles. The third-order valence-corrected chi connectivity index (χ3v) is 4.56. The molecule has 3 nitrogen and oxygen atoms in total. The predicted molar refractivity (Wildman–Crippen MR) is 83.6 cm³/mol. The fourth-order valence-corrected chi connectivity index (χ4v) is 3.14. The molecule has 0 amide bonds. The summed E-state index contributed by atoms with van der Waals surface area (Å²) in [5.74, 6) is -0.885. The van der Waals surface area contributed by atoms with Crippen molar-refractivity contribution in [2.45, 2.75) is 16.6 Å². The number of hydrogen-bond donors (Lipinski definition) is 1. The lowest BCUT2D eigenvalue weighted by molar-refractivity contribution is -0.136. The second-order valence-corrected chi connectivity index (χ2v) is 6.04. The SMILES string of the molecule is N#Cc1ccc(SC(Cc2ccccc2)C(=O)O)c(Cl)c1. The Morgan fingerprint density at radius 1 is 1.29 bits per heavy atom. The maximum atomic E-state index is 11.4. The first kappa shape index (κ1) is 15.4. The van der Waals surface area contributed by atoms with Crippen LogP contribution in [0, 0.1) is 11.3 Å². The van der Waals surface area contributed by atoms with E-state index >= 15 is 0 Å². The topological polar surface area (TPSA) is 61.1 Å². The van der Waals surface area contributed by atoms with Gasteiger partial charge in [-0.05, 0) is 30.2 Å². The number of carboxylic acid groups (broad SMARTS) is 1. The normalized spacial score (nSPS) is 11.6. The Hall–Kier alpha value is -1.96. The molecule has 21 heavy (non-hydrogen) atoms. The molecule has 1 unspecified atom stereocenters. The Morgan fingerprint density at radius 2 is 2.00 bits per heavy atom. The molecule has 0 spiro atoms. The Morgan fingerprint density at radius 3 is 2.57 bits per heavy atom. The number of nitrogens with zero attached hydrogens (tertiary/aromatic N) is 1. The lowest BCUT2D eigenvalue weighted by Crippen LogP contribution is -2.19. The van der Waals surface area contributed by atoms with E-state index in [1.54, 1.807) is 18.2 Å². The van der Waals surface area contributed by atoms with Crippen LogP contribution in [0.25, 0.3) is 0 Å². The van der Waals surface area contributed by atoms with Gasteiger partial charge in [0.15, 0.2) is 0 Å². The number of thioether (sulfide) groups is 1. The van der Waals surface area contributed by atoms with Crippen LogP contribution >= 0.6 is 23.4 Å². The summed E-state index contributed by atoms with van der Waals surface area (Å²) in [6, 6.07) is 16.3. The number of carboxylic acids is 1. The fourth-order valence-electron chi connectivity index (χ4n) is 1.83. The number of halogens is 1. The first-order valence-corrected chi connectivity index (χ1v) is 7.49. The van der Waals surface area contributed by atoms with Gasteiger partial charge >= 0.3 is 5.97 Å². The summed E-state index contributed by atoms with van der Waals surface area (Å²) in [6.45, 7) is 0. The van der Waals surface area contributed by atoms with E-state index in [0.29, 0.717) is 21.9 Å². The van der Waals surface area contributed by atoms with Gasteiger partial charge in [-0.25, -0.2) is 0 Å². The summed E-state index contributed by atoms with van der Waals surface area (Å²) in [5, 5.41) is 18.0. The van der Waals surface area contributed by atoms with Crippen LogP contribution in [0.4, 0.5) is 0 Å². The molecule has 1 atom stereocenters. The Bertz CT molecular complexity index is 682. The highest BCUT2D eigenvalue weighted by atomic mass is 35.5. The van der Waals surface area contributed by atoms with Crippen molar-refractivity contribution in [3.8, 4) is 6.07 Å². The molecule has 0 aliphatic carbocycles. The van der Waals surface area contributed by atoms with Gasteiger partial charge in [-0.2, -0.15) is 5.26 Å². The molecular formula is C16H12ClNO2S. The van der Waals surface area contributed by atoms with Crippen molar-refractivity contribution in [1.82, 2.24) is 0 Å². The van der Waals surface area contributed by atoms with E-state index in [-0.39, 0.29) is 0 Å². The van der Waals surface area contributed by atoms with Gasteiger partial charge in [0.1, 0.15) is 5.25 Å². The smallest absolute Gasteiger partial charge is 0.317 e. The van der Waals surface area contributed by atoms with Gasteiger partial charge in [0.05, 0.1) is 16.7 Å². The maximum Gasteiger partial charge on any atom is 0.317 e. The number of rotatable bonds is 5. The minimum absolute atomic E-state index is 0.401. The highest BCUT2D eigenvalue weighted by Gasteiger charge is 2.20. The molecule has 0 heterocycles. The molecule has 2 rings (SSSR count). The summed E-state index contributed by atoms with van der Waals surface area (Å²) >= 11 is 7.29. The van der Waals surface area contributed by atoms with E-state index in [4.69, 9.17) is 16.9 Å². The van der Waals surface area contributed by atoms with Gasteiger partial charge in [0.25, 0.3) is 0 Å². The van der Waals surface area contributed by atoms with Crippen LogP contribution in [0.1, 0.15) is 11.1 Å². The molecule has 5 heteroatoms. The molecular weight excluding hydrogens is 306 g/mol. The van der Waals surface area contributed by atoms with Crippen LogP contribution in [-0.2, 0) is 11.2 Å². The van der Waals surface area contributed by atoms with E-state index in [2.05, 4.69) is 0 Å². The summed E-state index contributed by atoms with van der Waals surface area (Å²) in [5.41, 5.74) is 1.42. The largest absolute Gasteiger partial charge is 0.480 e. The van der Waals surface area contributed by atoms with Crippen molar-refractivity contribution in [3.05, 3.63) is 64.7 Å². The molecule has 0 aliphatic heterocycles. The van der Waals surface area contributed by atoms with Gasteiger partial charge in [-0.1, -0.05) is 41.9 Å². The van der Waals surface area contributed by atoms with E-state index in [9.17, 15) is 9.90 Å². The zero-order valence-electron chi connectivity index (χ0n) is 11.0. The van der Waals surface area contributed by atoms with Crippen molar-refractivity contribution in [1.29, 1.82) is 5.26 Å². The third-order valence-electron chi connectivity index (χ3n) is 2.87. The standard InChI is InChI=1S/C16H12ClNO2S/c17-13-8-12(10-18)6-7-14(13)21-15(16(19)20)9-11-4-2-1-3-5-11/h1-8,15H,9H2,(H,19,20). The molecule has 0 fully saturated rings. The van der Waals surface area contributed by atoms with Gasteiger partial charge < -0.3 is 5.11 Å². The molecule has 0 saturated carbocycles. The maximum absolute atomic E-state index is 11.4. The van der Waals surface area contributed by atoms with E-state index < -0.39 is 11.2 Å². The molecule has 0 saturated heterocycles. The van der Waals surface area contributed by atoms with Crippen LogP contribution in [0.5, 0.6) is 0 Å². The van der Waals surface area contributed by atoms with Gasteiger partial charge in [-0.15, -0.1) is 11.8 Å². The first-order valence-electron chi connectivity index (χ1n) is 6.23. The summed E-state index contributed by atoms with van der Waals surface area (Å²) in [7, 11) is 0. The minimum atomic E-state index is -0.885. The van der Waals surface area contributed by atoms with Crippen LogP contribution < -0.4 is 0 Å². The molecule has 106 valence electrons. The van der Waals surface area contributed by atoms with Crippen molar-refractivity contribution >= 4 is 29.3 Å². The highest BCUT2D eigenvalue weighted by molar-refractivity contribution is 8.00. The van der Waals surface area contributed by atoms with Gasteiger partial charge in [0.2, 0.25) is 0 Å². The Labute approximate surface area is 132 Å². The fraction of sp³-hybridized carbons (Fsp3) is 0.125. The summed E-state index contributed by atoms with van der Waals surface area (Å²) in [6.07, 6.45) is 0.414. The number of carbonyl (C=O) groups is 1. The zero-order valence-corrected chi connectivity index (χ0v) is 12.6. The summed E-state index contributed by atoms with van der Waals surface area (Å²) < 4.78 is 0. The van der Waals surface area contributed by atoms with E-state index in [1.807, 2.05) is 36.4 Å². The van der Waals surface area contributed by atoms with Gasteiger partial charge in [0, 0.05) is 4.90 Å². The predicted octanol–water partition coefficient (Wildman–Crippen LogP) is 4.00. The lowest BCUT2D eigenvalue weighted by Gasteiger charge is -2.13.